The van der Waals surface area contributed by atoms with E-state index in [2.05, 4.69) is 34.0 Å². The second-order valence-corrected chi connectivity index (χ2v) is 9.19. The Morgan fingerprint density at radius 3 is 2.25 bits per heavy atom. The minimum Gasteiger partial charge on any atom is -0.378 e. The van der Waals surface area contributed by atoms with Gasteiger partial charge in [-0.25, -0.2) is 5.43 Å². The standard InChI is InChI=1S/C30H32N4O2/c1-21(25-16-15-23-9-7-8-12-26(23)20-25)32-33-30(36)28(31-29(35)24-10-5-4-6-11-24)19-22-13-17-27(18-14-22)34(2)3/h4-6,10-11,13-20H,7-9,12H2,1-3H3,(H,31,35)(H,33,36)/b28-19-,32-21?. The van der Waals surface area contributed by atoms with E-state index >= 15 is 0 Å². The Bertz CT molecular complexity index is 1290. The molecule has 0 saturated carbocycles. The molecular formula is C30H32N4O2. The topological polar surface area (TPSA) is 73.8 Å². The molecule has 0 heterocycles. The molecular weight excluding hydrogens is 448 g/mol. The Labute approximate surface area is 212 Å². The fourth-order valence-corrected chi connectivity index (χ4v) is 4.20. The lowest BCUT2D eigenvalue weighted by molar-refractivity contribution is -0.117. The molecule has 3 aromatic rings. The van der Waals surface area contributed by atoms with Crippen LogP contribution >= 0.6 is 0 Å². The number of fused-ring (bicyclic) bond motifs is 1. The molecule has 2 N–H and O–H groups in total. The zero-order valence-electron chi connectivity index (χ0n) is 21.0. The first-order valence-corrected chi connectivity index (χ1v) is 12.2. The second kappa shape index (κ2) is 11.5. The predicted octanol–water partition coefficient (Wildman–Crippen LogP) is 4.94. The van der Waals surface area contributed by atoms with Gasteiger partial charge >= 0.3 is 0 Å². The van der Waals surface area contributed by atoms with E-state index < -0.39 is 5.91 Å². The van der Waals surface area contributed by atoms with Crippen LogP contribution in [0.25, 0.3) is 6.08 Å². The molecule has 0 radical (unpaired) electrons. The van der Waals surface area contributed by atoms with Gasteiger partial charge in [-0.2, -0.15) is 5.10 Å². The van der Waals surface area contributed by atoms with Crippen molar-refractivity contribution in [2.75, 3.05) is 19.0 Å². The molecule has 0 spiro atoms. The van der Waals surface area contributed by atoms with Crippen LogP contribution in [-0.4, -0.2) is 31.6 Å². The number of nitrogens with one attached hydrogen (secondary N) is 2. The summed E-state index contributed by atoms with van der Waals surface area (Å²) in [6, 6.07) is 22.9. The first kappa shape index (κ1) is 24.9. The van der Waals surface area contributed by atoms with Gasteiger partial charge in [-0.1, -0.05) is 42.5 Å². The third-order valence-electron chi connectivity index (χ3n) is 6.34. The molecule has 1 aliphatic rings. The maximum Gasteiger partial charge on any atom is 0.287 e. The fourth-order valence-electron chi connectivity index (χ4n) is 4.20. The molecule has 0 bridgehead atoms. The van der Waals surface area contributed by atoms with Crippen LogP contribution in [0.4, 0.5) is 5.69 Å². The summed E-state index contributed by atoms with van der Waals surface area (Å²) in [6.45, 7) is 1.87. The summed E-state index contributed by atoms with van der Waals surface area (Å²) in [6.07, 6.45) is 6.28. The maximum absolute atomic E-state index is 13.1. The number of aryl methyl sites for hydroxylation is 2. The van der Waals surface area contributed by atoms with Gasteiger partial charge in [0.15, 0.2) is 0 Å². The van der Waals surface area contributed by atoms with Gasteiger partial charge in [0.05, 0.1) is 5.71 Å². The summed E-state index contributed by atoms with van der Waals surface area (Å²) in [5.74, 6) is -0.856. The SMILES string of the molecule is CC(=NNC(=O)/C(=C/c1ccc(N(C)C)cc1)NC(=O)c1ccccc1)c1ccc2c(c1)CCCC2. The predicted molar refractivity (Wildman–Crippen MR) is 146 cm³/mol. The molecule has 0 aromatic heterocycles. The summed E-state index contributed by atoms with van der Waals surface area (Å²) in [5, 5.41) is 7.10. The molecule has 2 amide bonds. The molecule has 0 fully saturated rings. The number of hydrogen-bond acceptors (Lipinski definition) is 4. The highest BCUT2D eigenvalue weighted by Crippen LogP contribution is 2.22. The molecule has 184 valence electrons. The summed E-state index contributed by atoms with van der Waals surface area (Å²) < 4.78 is 0. The van der Waals surface area contributed by atoms with Crippen LogP contribution in [-0.2, 0) is 17.6 Å². The number of hydrogen-bond donors (Lipinski definition) is 2. The van der Waals surface area contributed by atoms with Gasteiger partial charge in [0, 0.05) is 25.3 Å². The van der Waals surface area contributed by atoms with Crippen molar-refractivity contribution in [3.8, 4) is 0 Å². The fraction of sp³-hybridized carbons (Fsp3) is 0.233. The lowest BCUT2D eigenvalue weighted by Gasteiger charge is -2.16. The minimum absolute atomic E-state index is 0.114. The zero-order valence-corrected chi connectivity index (χ0v) is 21.0. The first-order chi connectivity index (χ1) is 17.4. The van der Waals surface area contributed by atoms with E-state index in [1.54, 1.807) is 30.3 Å². The highest BCUT2D eigenvalue weighted by atomic mass is 16.2. The molecule has 3 aromatic carbocycles. The quantitative estimate of drug-likeness (QED) is 0.286. The molecule has 0 aliphatic heterocycles. The van der Waals surface area contributed by atoms with Gasteiger partial charge in [-0.05, 0) is 91.3 Å². The largest absolute Gasteiger partial charge is 0.378 e. The smallest absolute Gasteiger partial charge is 0.287 e. The van der Waals surface area contributed by atoms with E-state index in [0.29, 0.717) is 11.3 Å². The van der Waals surface area contributed by atoms with Crippen molar-refractivity contribution in [2.24, 2.45) is 5.10 Å². The van der Waals surface area contributed by atoms with Crippen LogP contribution in [0, 0.1) is 0 Å². The number of rotatable bonds is 7. The van der Waals surface area contributed by atoms with Crippen molar-refractivity contribution < 1.29 is 9.59 Å². The van der Waals surface area contributed by atoms with Crippen LogP contribution in [0.5, 0.6) is 0 Å². The Hall–Kier alpha value is -4.19. The normalized spacial score (nSPS) is 13.5. The van der Waals surface area contributed by atoms with Crippen molar-refractivity contribution in [1.82, 2.24) is 10.7 Å². The highest BCUT2D eigenvalue weighted by molar-refractivity contribution is 6.06. The number of anilines is 1. The van der Waals surface area contributed by atoms with Crippen molar-refractivity contribution in [1.29, 1.82) is 0 Å². The second-order valence-electron chi connectivity index (χ2n) is 9.19. The van der Waals surface area contributed by atoms with Gasteiger partial charge in [-0.15, -0.1) is 0 Å². The van der Waals surface area contributed by atoms with Gasteiger partial charge in [-0.3, -0.25) is 9.59 Å². The van der Waals surface area contributed by atoms with Crippen LogP contribution in [0.2, 0.25) is 0 Å². The first-order valence-electron chi connectivity index (χ1n) is 12.2. The molecule has 6 nitrogen and oxygen atoms in total. The molecule has 4 rings (SSSR count). The number of amides is 2. The number of carbonyl (C=O) groups is 2. The Balaban J connectivity index is 1.55. The lowest BCUT2D eigenvalue weighted by atomic mass is 9.90. The number of carbonyl (C=O) groups excluding carboxylic acids is 2. The van der Waals surface area contributed by atoms with E-state index in [1.807, 2.05) is 56.3 Å². The van der Waals surface area contributed by atoms with E-state index in [1.165, 1.54) is 24.0 Å². The molecule has 0 atom stereocenters. The van der Waals surface area contributed by atoms with Crippen LogP contribution < -0.4 is 15.6 Å². The Kier molecular flexibility index (Phi) is 7.95. The van der Waals surface area contributed by atoms with Crippen molar-refractivity contribution in [3.05, 3.63) is 106 Å². The average molecular weight is 481 g/mol. The monoisotopic (exact) mass is 480 g/mol. The molecule has 6 heteroatoms. The van der Waals surface area contributed by atoms with E-state index in [4.69, 9.17) is 0 Å². The van der Waals surface area contributed by atoms with Crippen molar-refractivity contribution >= 4 is 29.3 Å². The van der Waals surface area contributed by atoms with Gasteiger partial charge in [0.2, 0.25) is 0 Å². The lowest BCUT2D eigenvalue weighted by Crippen LogP contribution is -2.33. The van der Waals surface area contributed by atoms with Crippen molar-refractivity contribution in [2.45, 2.75) is 32.6 Å². The Morgan fingerprint density at radius 2 is 1.56 bits per heavy atom. The van der Waals surface area contributed by atoms with Crippen LogP contribution in [0.1, 0.15) is 52.4 Å². The maximum atomic E-state index is 13.1. The molecule has 0 saturated heterocycles. The summed E-state index contributed by atoms with van der Waals surface area (Å²) in [4.78, 5) is 28.0. The molecule has 36 heavy (non-hydrogen) atoms. The van der Waals surface area contributed by atoms with Crippen LogP contribution in [0.15, 0.2) is 83.6 Å². The Morgan fingerprint density at radius 1 is 0.861 bits per heavy atom. The number of benzene rings is 3. The summed E-state index contributed by atoms with van der Waals surface area (Å²) in [7, 11) is 3.93. The zero-order chi connectivity index (χ0) is 25.5. The average Bonchev–Trinajstić information content (AvgIpc) is 2.91. The highest BCUT2D eigenvalue weighted by Gasteiger charge is 2.15. The minimum atomic E-state index is -0.492. The van der Waals surface area contributed by atoms with Gasteiger partial charge in [0.25, 0.3) is 11.8 Å². The number of nitrogens with zero attached hydrogens (tertiary/aromatic N) is 2. The van der Waals surface area contributed by atoms with Crippen molar-refractivity contribution in [3.63, 3.8) is 0 Å². The third kappa shape index (κ3) is 6.27. The molecule has 0 unspecified atom stereocenters. The van der Waals surface area contributed by atoms with E-state index in [-0.39, 0.29) is 11.6 Å². The van der Waals surface area contributed by atoms with E-state index in [0.717, 1.165) is 29.7 Å². The van der Waals surface area contributed by atoms with Crippen LogP contribution in [0.3, 0.4) is 0 Å². The van der Waals surface area contributed by atoms with Gasteiger partial charge < -0.3 is 10.2 Å². The van der Waals surface area contributed by atoms with E-state index in [9.17, 15) is 9.59 Å². The summed E-state index contributed by atoms with van der Waals surface area (Å²) in [5.41, 5.74) is 9.48. The van der Waals surface area contributed by atoms with Gasteiger partial charge in [0.1, 0.15) is 5.70 Å². The number of hydrazone groups is 1. The molecule has 1 aliphatic carbocycles. The summed E-state index contributed by atoms with van der Waals surface area (Å²) >= 11 is 0. The third-order valence-corrected chi connectivity index (χ3v) is 6.34.